The standard InChI is InChI=1S/C8H14O4/c1-5-6(2)12-4-8(5,11)3-7(9)10/h5-6,11H,3-4H2,1-2H3,(H,9,10)/t5-,6-,8-/m0/s1. The molecule has 0 aliphatic carbocycles. The first kappa shape index (κ1) is 9.48. The van der Waals surface area contributed by atoms with Crippen molar-refractivity contribution in [3.63, 3.8) is 0 Å². The molecule has 70 valence electrons. The summed E-state index contributed by atoms with van der Waals surface area (Å²) in [5.41, 5.74) is -1.18. The van der Waals surface area contributed by atoms with Gasteiger partial charge in [-0.3, -0.25) is 4.79 Å². The Morgan fingerprint density at radius 1 is 1.67 bits per heavy atom. The number of carboxylic acid groups (broad SMARTS) is 1. The molecule has 4 heteroatoms. The molecule has 12 heavy (non-hydrogen) atoms. The fraction of sp³-hybridized carbons (Fsp3) is 0.875. The normalized spacial score (nSPS) is 41.6. The highest BCUT2D eigenvalue weighted by molar-refractivity contribution is 5.68. The molecule has 1 aliphatic heterocycles. The molecule has 1 saturated heterocycles. The van der Waals surface area contributed by atoms with Gasteiger partial charge in [0.15, 0.2) is 0 Å². The number of ether oxygens (including phenoxy) is 1. The Balaban J connectivity index is 2.65. The largest absolute Gasteiger partial charge is 0.481 e. The van der Waals surface area contributed by atoms with Crippen LogP contribution in [-0.2, 0) is 9.53 Å². The average molecular weight is 174 g/mol. The topological polar surface area (TPSA) is 66.8 Å². The molecule has 4 nitrogen and oxygen atoms in total. The lowest BCUT2D eigenvalue weighted by Crippen LogP contribution is -2.39. The van der Waals surface area contributed by atoms with Gasteiger partial charge in [0.2, 0.25) is 0 Å². The van der Waals surface area contributed by atoms with E-state index in [2.05, 4.69) is 0 Å². The quantitative estimate of drug-likeness (QED) is 0.629. The van der Waals surface area contributed by atoms with E-state index in [1.54, 1.807) is 6.92 Å². The van der Waals surface area contributed by atoms with Crippen molar-refractivity contribution in [1.82, 2.24) is 0 Å². The number of carbonyl (C=O) groups is 1. The molecular formula is C8H14O4. The van der Waals surface area contributed by atoms with Crippen molar-refractivity contribution in [2.45, 2.75) is 32.0 Å². The fourth-order valence-electron chi connectivity index (χ4n) is 1.46. The van der Waals surface area contributed by atoms with Gasteiger partial charge in [-0.05, 0) is 6.92 Å². The van der Waals surface area contributed by atoms with Gasteiger partial charge in [0.05, 0.1) is 19.1 Å². The van der Waals surface area contributed by atoms with E-state index < -0.39 is 11.6 Å². The summed E-state index contributed by atoms with van der Waals surface area (Å²) in [6, 6.07) is 0. The van der Waals surface area contributed by atoms with Crippen molar-refractivity contribution in [3.05, 3.63) is 0 Å². The first-order valence-corrected chi connectivity index (χ1v) is 4.01. The molecule has 2 N–H and O–H groups in total. The van der Waals surface area contributed by atoms with E-state index in [0.717, 1.165) is 0 Å². The fourth-order valence-corrected chi connectivity index (χ4v) is 1.46. The summed E-state index contributed by atoms with van der Waals surface area (Å²) in [4.78, 5) is 10.4. The first-order chi connectivity index (χ1) is 5.46. The zero-order chi connectivity index (χ0) is 9.35. The van der Waals surface area contributed by atoms with E-state index in [-0.39, 0.29) is 25.0 Å². The van der Waals surface area contributed by atoms with Crippen LogP contribution in [0.15, 0.2) is 0 Å². The molecule has 0 aromatic heterocycles. The average Bonchev–Trinajstić information content (AvgIpc) is 2.16. The summed E-state index contributed by atoms with van der Waals surface area (Å²) < 4.78 is 5.17. The molecule has 0 bridgehead atoms. The number of aliphatic carboxylic acids is 1. The van der Waals surface area contributed by atoms with Gasteiger partial charge >= 0.3 is 5.97 Å². The Bertz CT molecular complexity index is 191. The van der Waals surface area contributed by atoms with Gasteiger partial charge < -0.3 is 14.9 Å². The highest BCUT2D eigenvalue weighted by Crippen LogP contribution is 2.32. The van der Waals surface area contributed by atoms with E-state index in [1.165, 1.54) is 0 Å². The summed E-state index contributed by atoms with van der Waals surface area (Å²) in [7, 11) is 0. The Hall–Kier alpha value is -0.610. The molecule has 1 fully saturated rings. The summed E-state index contributed by atoms with van der Waals surface area (Å²) in [5, 5.41) is 18.3. The van der Waals surface area contributed by atoms with E-state index in [0.29, 0.717) is 0 Å². The molecule has 0 amide bonds. The molecule has 3 atom stereocenters. The lowest BCUT2D eigenvalue weighted by molar-refractivity contribution is -0.143. The molecule has 1 aliphatic rings. The number of aliphatic hydroxyl groups is 1. The molecule has 0 radical (unpaired) electrons. The van der Waals surface area contributed by atoms with Crippen molar-refractivity contribution in [2.75, 3.05) is 6.61 Å². The molecule has 0 spiro atoms. The molecule has 1 rings (SSSR count). The van der Waals surface area contributed by atoms with Gasteiger partial charge in [-0.25, -0.2) is 0 Å². The summed E-state index contributed by atoms with van der Waals surface area (Å²) in [6.45, 7) is 3.77. The minimum Gasteiger partial charge on any atom is -0.481 e. The molecule has 0 aromatic carbocycles. The monoisotopic (exact) mass is 174 g/mol. The highest BCUT2D eigenvalue weighted by Gasteiger charge is 2.45. The molecule has 0 saturated carbocycles. The Morgan fingerprint density at radius 2 is 2.25 bits per heavy atom. The van der Waals surface area contributed by atoms with Crippen molar-refractivity contribution in [1.29, 1.82) is 0 Å². The van der Waals surface area contributed by atoms with E-state index in [1.807, 2.05) is 6.92 Å². The maximum absolute atomic E-state index is 10.4. The number of hydrogen-bond acceptors (Lipinski definition) is 3. The Morgan fingerprint density at radius 3 is 2.58 bits per heavy atom. The molecule has 0 aromatic rings. The van der Waals surface area contributed by atoms with Crippen LogP contribution in [0, 0.1) is 5.92 Å². The zero-order valence-corrected chi connectivity index (χ0v) is 7.28. The summed E-state index contributed by atoms with van der Waals surface area (Å²) >= 11 is 0. The van der Waals surface area contributed by atoms with Crippen LogP contribution >= 0.6 is 0 Å². The minimum atomic E-state index is -1.18. The van der Waals surface area contributed by atoms with Gasteiger partial charge in [-0.1, -0.05) is 6.92 Å². The van der Waals surface area contributed by atoms with Crippen LogP contribution in [0.25, 0.3) is 0 Å². The predicted octanol–water partition coefficient (Wildman–Crippen LogP) is 0.247. The van der Waals surface area contributed by atoms with Crippen LogP contribution in [0.2, 0.25) is 0 Å². The van der Waals surface area contributed by atoms with E-state index >= 15 is 0 Å². The SMILES string of the molecule is C[C@@H]1OC[C@@](O)(CC(=O)O)[C@H]1C. The maximum atomic E-state index is 10.4. The van der Waals surface area contributed by atoms with Gasteiger partial charge in [0.1, 0.15) is 5.60 Å². The van der Waals surface area contributed by atoms with Crippen LogP contribution in [-0.4, -0.2) is 34.5 Å². The number of hydrogen-bond donors (Lipinski definition) is 2. The number of rotatable bonds is 2. The van der Waals surface area contributed by atoms with Gasteiger partial charge in [-0.2, -0.15) is 0 Å². The van der Waals surface area contributed by atoms with Crippen molar-refractivity contribution >= 4 is 5.97 Å². The summed E-state index contributed by atoms with van der Waals surface area (Å²) in [6.07, 6.45) is -0.298. The van der Waals surface area contributed by atoms with Gasteiger partial charge in [0.25, 0.3) is 0 Å². The maximum Gasteiger partial charge on any atom is 0.306 e. The van der Waals surface area contributed by atoms with Crippen LogP contribution in [0.1, 0.15) is 20.3 Å². The smallest absolute Gasteiger partial charge is 0.306 e. The Kier molecular flexibility index (Phi) is 2.39. The second-order valence-corrected chi connectivity index (χ2v) is 3.48. The summed E-state index contributed by atoms with van der Waals surface area (Å²) in [5.74, 6) is -1.10. The highest BCUT2D eigenvalue weighted by atomic mass is 16.5. The second-order valence-electron chi connectivity index (χ2n) is 3.48. The van der Waals surface area contributed by atoms with E-state index in [9.17, 15) is 9.90 Å². The zero-order valence-electron chi connectivity index (χ0n) is 7.28. The molecule has 0 unspecified atom stereocenters. The predicted molar refractivity (Wildman–Crippen MR) is 41.8 cm³/mol. The van der Waals surface area contributed by atoms with E-state index in [4.69, 9.17) is 9.84 Å². The Labute approximate surface area is 71.2 Å². The first-order valence-electron chi connectivity index (χ1n) is 4.01. The third-order valence-electron chi connectivity index (χ3n) is 2.61. The van der Waals surface area contributed by atoms with Gasteiger partial charge in [0, 0.05) is 5.92 Å². The molecule has 1 heterocycles. The van der Waals surface area contributed by atoms with Crippen LogP contribution in [0.5, 0.6) is 0 Å². The second kappa shape index (κ2) is 3.03. The van der Waals surface area contributed by atoms with Crippen molar-refractivity contribution < 1.29 is 19.7 Å². The van der Waals surface area contributed by atoms with Crippen LogP contribution in [0.3, 0.4) is 0 Å². The third kappa shape index (κ3) is 1.59. The molecular weight excluding hydrogens is 160 g/mol. The minimum absolute atomic E-state index is 0.0608. The van der Waals surface area contributed by atoms with Crippen molar-refractivity contribution in [3.8, 4) is 0 Å². The third-order valence-corrected chi connectivity index (χ3v) is 2.61. The van der Waals surface area contributed by atoms with Crippen molar-refractivity contribution in [2.24, 2.45) is 5.92 Å². The van der Waals surface area contributed by atoms with Crippen LogP contribution < -0.4 is 0 Å². The van der Waals surface area contributed by atoms with Crippen LogP contribution in [0.4, 0.5) is 0 Å². The number of carboxylic acids is 1. The lowest BCUT2D eigenvalue weighted by atomic mass is 9.86. The van der Waals surface area contributed by atoms with Gasteiger partial charge in [-0.15, -0.1) is 0 Å². The lowest BCUT2D eigenvalue weighted by Gasteiger charge is -2.24.